The number of hydrogen-bond donors (Lipinski definition) is 0. The molecule has 0 atom stereocenters. The smallest absolute Gasteiger partial charge is 0.146 e. The van der Waals surface area contributed by atoms with Crippen LogP contribution in [-0.2, 0) is 5.41 Å². The molecule has 6 heterocycles. The molecule has 192 valence electrons. The summed E-state index contributed by atoms with van der Waals surface area (Å²) in [4.78, 5) is 8.86. The zero-order valence-corrected chi connectivity index (χ0v) is 25.5. The van der Waals surface area contributed by atoms with Gasteiger partial charge in [0.05, 0.1) is 24.5 Å². The van der Waals surface area contributed by atoms with Crippen LogP contribution in [0.4, 0.5) is 0 Å². The summed E-state index contributed by atoms with van der Waals surface area (Å²) in [6.45, 7) is 6.86. The number of nitrogens with zero attached hydrogens (tertiary/aromatic N) is 2. The van der Waals surface area contributed by atoms with Crippen LogP contribution in [0.1, 0.15) is 26.3 Å². The van der Waals surface area contributed by atoms with E-state index in [-0.39, 0.29) is 5.41 Å². The first-order chi connectivity index (χ1) is 18.9. The van der Waals surface area contributed by atoms with E-state index in [4.69, 9.17) is 16.6 Å². The molecular weight excluding hydrogens is 576 g/mol. The first-order valence-corrected chi connectivity index (χ1v) is 16.3. The Bertz CT molecular complexity index is 2140. The van der Waals surface area contributed by atoms with E-state index in [1.807, 2.05) is 34.9 Å². The van der Waals surface area contributed by atoms with Crippen molar-refractivity contribution < 1.29 is 0 Å². The minimum Gasteiger partial charge on any atom is -0.255 e. The SMILES string of the molecule is CC(C)(C)c1cc(-c2nccc3c2sc2ccsc23)cc2ccccc12.Clc1nccc2c1sc1ccsc12. The van der Waals surface area contributed by atoms with Crippen LogP contribution in [0.5, 0.6) is 0 Å². The predicted molar refractivity (Wildman–Crippen MR) is 177 cm³/mol. The monoisotopic (exact) mass is 598 g/mol. The van der Waals surface area contributed by atoms with Crippen molar-refractivity contribution in [1.82, 2.24) is 9.97 Å². The van der Waals surface area contributed by atoms with E-state index < -0.39 is 0 Å². The minimum absolute atomic E-state index is 0.0826. The molecule has 0 fully saturated rings. The molecular formula is C32H23ClN2S4. The van der Waals surface area contributed by atoms with Crippen LogP contribution >= 0.6 is 56.9 Å². The maximum atomic E-state index is 5.99. The lowest BCUT2D eigenvalue weighted by Gasteiger charge is -2.22. The molecule has 2 aromatic carbocycles. The van der Waals surface area contributed by atoms with Gasteiger partial charge in [0.1, 0.15) is 5.15 Å². The highest BCUT2D eigenvalue weighted by Gasteiger charge is 2.20. The maximum Gasteiger partial charge on any atom is 0.146 e. The molecule has 0 aliphatic carbocycles. The van der Waals surface area contributed by atoms with E-state index in [2.05, 4.69) is 91.1 Å². The van der Waals surface area contributed by atoms with Crippen LogP contribution in [0.25, 0.3) is 61.0 Å². The van der Waals surface area contributed by atoms with Crippen molar-refractivity contribution >= 4 is 107 Å². The summed E-state index contributed by atoms with van der Waals surface area (Å²) in [5.41, 5.74) is 3.78. The zero-order valence-electron chi connectivity index (χ0n) is 21.5. The second kappa shape index (κ2) is 9.65. The normalized spacial score (nSPS) is 12.1. The summed E-state index contributed by atoms with van der Waals surface area (Å²) >= 11 is 13.1. The molecule has 8 aromatic rings. The van der Waals surface area contributed by atoms with Crippen molar-refractivity contribution in [3.63, 3.8) is 0 Å². The van der Waals surface area contributed by atoms with Crippen LogP contribution in [-0.4, -0.2) is 9.97 Å². The largest absolute Gasteiger partial charge is 0.255 e. The standard InChI is InChI=1S/C23H19NS2.C9H4ClNS2/c1-23(2,3)18-13-15(12-14-6-4-5-7-16(14)18)20-22-17(8-10-24-20)21-19(26-22)9-11-25-21;10-9-8-5(1-3-11-9)7-6(13-8)2-4-12-7/h4-13H,1-3H3;1-4H. The molecule has 0 N–H and O–H groups in total. The van der Waals surface area contributed by atoms with Gasteiger partial charge in [-0.3, -0.25) is 4.98 Å². The lowest BCUT2D eigenvalue weighted by atomic mass is 9.82. The summed E-state index contributed by atoms with van der Waals surface area (Å²) < 4.78 is 7.76. The van der Waals surface area contributed by atoms with Gasteiger partial charge in [-0.2, -0.15) is 0 Å². The lowest BCUT2D eigenvalue weighted by Crippen LogP contribution is -2.12. The third kappa shape index (κ3) is 4.35. The molecule has 0 spiro atoms. The van der Waals surface area contributed by atoms with E-state index in [1.54, 1.807) is 28.9 Å². The van der Waals surface area contributed by atoms with Gasteiger partial charge in [0.15, 0.2) is 0 Å². The quantitative estimate of drug-likeness (QED) is 0.176. The van der Waals surface area contributed by atoms with Crippen molar-refractivity contribution in [2.24, 2.45) is 0 Å². The molecule has 2 nitrogen and oxygen atoms in total. The predicted octanol–water partition coefficient (Wildman–Crippen LogP) is 11.8. The molecule has 6 aromatic heterocycles. The number of pyridine rings is 2. The van der Waals surface area contributed by atoms with Gasteiger partial charge < -0.3 is 0 Å². The Morgan fingerprint density at radius 3 is 2.03 bits per heavy atom. The Hall–Kier alpha value is -2.87. The van der Waals surface area contributed by atoms with E-state index >= 15 is 0 Å². The molecule has 0 bridgehead atoms. The first kappa shape index (κ1) is 25.1. The lowest BCUT2D eigenvalue weighted by molar-refractivity contribution is 0.596. The Morgan fingerprint density at radius 2 is 1.31 bits per heavy atom. The molecule has 39 heavy (non-hydrogen) atoms. The fourth-order valence-electron chi connectivity index (χ4n) is 5.07. The van der Waals surface area contributed by atoms with Gasteiger partial charge >= 0.3 is 0 Å². The summed E-state index contributed by atoms with van der Waals surface area (Å²) in [5, 5.41) is 10.1. The van der Waals surface area contributed by atoms with Crippen LogP contribution in [0, 0.1) is 0 Å². The van der Waals surface area contributed by atoms with Crippen molar-refractivity contribution in [1.29, 1.82) is 0 Å². The zero-order chi connectivity index (χ0) is 26.7. The third-order valence-electron chi connectivity index (χ3n) is 6.88. The Kier molecular flexibility index (Phi) is 6.21. The second-order valence-electron chi connectivity index (χ2n) is 10.4. The van der Waals surface area contributed by atoms with Crippen molar-refractivity contribution in [2.45, 2.75) is 26.2 Å². The number of rotatable bonds is 1. The van der Waals surface area contributed by atoms with Gasteiger partial charge in [0.25, 0.3) is 0 Å². The molecule has 0 amide bonds. The van der Waals surface area contributed by atoms with Crippen molar-refractivity contribution in [2.75, 3.05) is 0 Å². The number of benzene rings is 2. The Labute approximate surface area is 247 Å². The number of halogens is 1. The van der Waals surface area contributed by atoms with Crippen LogP contribution < -0.4 is 0 Å². The highest BCUT2D eigenvalue weighted by molar-refractivity contribution is 7.33. The van der Waals surface area contributed by atoms with E-state index in [9.17, 15) is 0 Å². The average Bonchev–Trinajstić information content (AvgIpc) is 3.70. The Morgan fingerprint density at radius 1 is 0.667 bits per heavy atom. The van der Waals surface area contributed by atoms with Crippen molar-refractivity contribution in [3.8, 4) is 11.3 Å². The minimum atomic E-state index is 0.0826. The number of aromatic nitrogens is 2. The average molecular weight is 599 g/mol. The summed E-state index contributed by atoms with van der Waals surface area (Å²) in [6, 6.07) is 21.8. The first-order valence-electron chi connectivity index (χ1n) is 12.6. The second-order valence-corrected chi connectivity index (χ2v) is 14.7. The van der Waals surface area contributed by atoms with Gasteiger partial charge in [0.2, 0.25) is 0 Å². The highest BCUT2D eigenvalue weighted by Crippen LogP contribution is 2.43. The van der Waals surface area contributed by atoms with Gasteiger partial charge in [-0.15, -0.1) is 45.3 Å². The number of hydrogen-bond acceptors (Lipinski definition) is 6. The van der Waals surface area contributed by atoms with Crippen LogP contribution in [0.2, 0.25) is 5.15 Å². The topological polar surface area (TPSA) is 25.8 Å². The molecule has 7 heteroatoms. The molecule has 0 saturated carbocycles. The number of thiophene rings is 4. The van der Waals surface area contributed by atoms with E-state index in [0.29, 0.717) is 5.15 Å². The van der Waals surface area contributed by atoms with E-state index in [0.717, 1.165) is 10.4 Å². The molecule has 0 aliphatic heterocycles. The summed E-state index contributed by atoms with van der Waals surface area (Å²) in [7, 11) is 0. The van der Waals surface area contributed by atoms with Gasteiger partial charge in [0, 0.05) is 38.1 Å². The summed E-state index contributed by atoms with van der Waals surface area (Å²) in [5.74, 6) is 0. The van der Waals surface area contributed by atoms with Gasteiger partial charge in [-0.25, -0.2) is 4.98 Å². The van der Waals surface area contributed by atoms with Crippen molar-refractivity contribution in [3.05, 3.63) is 94.5 Å². The Balaban J connectivity index is 0.000000162. The third-order valence-corrected chi connectivity index (χ3v) is 11.8. The highest BCUT2D eigenvalue weighted by atomic mass is 35.5. The summed E-state index contributed by atoms with van der Waals surface area (Å²) in [6.07, 6.45) is 3.71. The van der Waals surface area contributed by atoms with E-state index in [1.165, 1.54) is 56.2 Å². The van der Waals surface area contributed by atoms with Crippen LogP contribution in [0.3, 0.4) is 0 Å². The number of fused-ring (bicyclic) bond motifs is 7. The fraction of sp³-hybridized carbons (Fsp3) is 0.125. The molecule has 0 unspecified atom stereocenters. The van der Waals surface area contributed by atoms with Crippen LogP contribution in [0.15, 0.2) is 83.8 Å². The molecule has 0 radical (unpaired) electrons. The molecule has 8 rings (SSSR count). The van der Waals surface area contributed by atoms with Gasteiger partial charge in [-0.1, -0.05) is 56.6 Å². The fourth-order valence-corrected chi connectivity index (χ4v) is 9.91. The molecule has 0 saturated heterocycles. The maximum absolute atomic E-state index is 5.99. The van der Waals surface area contributed by atoms with Gasteiger partial charge in [-0.05, 0) is 68.9 Å². The molecule has 0 aliphatic rings.